The lowest BCUT2D eigenvalue weighted by Gasteiger charge is -1.95. The highest BCUT2D eigenvalue weighted by Crippen LogP contribution is 2.11. The van der Waals surface area contributed by atoms with Gasteiger partial charge in [-0.25, -0.2) is 4.98 Å². The van der Waals surface area contributed by atoms with E-state index in [1.165, 1.54) is 10.5 Å². The molecule has 0 radical (unpaired) electrons. The number of pyridine rings is 1. The predicted octanol–water partition coefficient (Wildman–Crippen LogP) is 1.59. The van der Waals surface area contributed by atoms with Crippen molar-refractivity contribution in [3.8, 4) is 0 Å². The average molecular weight is 178 g/mol. The smallest absolute Gasteiger partial charge is 0.199 e. The molecule has 0 amide bonds. The normalized spacial score (nSPS) is 10.6. The Balaban J connectivity index is 2.96. The summed E-state index contributed by atoms with van der Waals surface area (Å²) in [6.07, 6.45) is 0.610. The van der Waals surface area contributed by atoms with E-state index in [4.69, 9.17) is 0 Å². The van der Waals surface area contributed by atoms with Crippen LogP contribution in [0.15, 0.2) is 18.2 Å². The summed E-state index contributed by atoms with van der Waals surface area (Å²) in [6.45, 7) is 1.68. The average Bonchev–Trinajstić information content (AvgIpc) is 2.42. The first-order valence-electron chi connectivity index (χ1n) is 3.83. The topological polar surface area (TPSA) is 34.4 Å². The van der Waals surface area contributed by atoms with E-state index in [0.717, 1.165) is 0 Å². The molecule has 0 aromatic carbocycles. The molecule has 13 heavy (non-hydrogen) atoms. The van der Waals surface area contributed by atoms with Crippen molar-refractivity contribution in [2.75, 3.05) is 0 Å². The summed E-state index contributed by atoms with van der Waals surface area (Å²) in [5.74, 6) is -0.472. The number of aldehydes is 1. The number of fused-ring (bicyclic) bond motifs is 1. The molecule has 2 aromatic rings. The van der Waals surface area contributed by atoms with E-state index < -0.39 is 5.95 Å². The first kappa shape index (κ1) is 7.91. The van der Waals surface area contributed by atoms with Gasteiger partial charge in [-0.05, 0) is 19.1 Å². The second-order valence-corrected chi connectivity index (χ2v) is 2.74. The second kappa shape index (κ2) is 2.65. The van der Waals surface area contributed by atoms with Crippen LogP contribution in [-0.4, -0.2) is 15.7 Å². The lowest BCUT2D eigenvalue weighted by molar-refractivity contribution is 0.111. The molecule has 0 atom stereocenters. The predicted molar refractivity (Wildman–Crippen MR) is 45.3 cm³/mol. The molecule has 0 aliphatic carbocycles. The molecule has 0 bridgehead atoms. The standard InChI is InChI=1S/C9H7FN2O/c1-6-7(5-13)12-8(10)3-2-4-9(12)11-6/h2-5H,1H3. The highest BCUT2D eigenvalue weighted by Gasteiger charge is 2.09. The van der Waals surface area contributed by atoms with Gasteiger partial charge in [0, 0.05) is 0 Å². The van der Waals surface area contributed by atoms with Crippen LogP contribution in [0.25, 0.3) is 5.65 Å². The zero-order chi connectivity index (χ0) is 9.42. The molecule has 0 unspecified atom stereocenters. The third-order valence-corrected chi connectivity index (χ3v) is 1.93. The number of rotatable bonds is 1. The molecule has 2 aromatic heterocycles. The Hall–Kier alpha value is -1.71. The van der Waals surface area contributed by atoms with Gasteiger partial charge in [-0.3, -0.25) is 9.20 Å². The Morgan fingerprint density at radius 2 is 2.31 bits per heavy atom. The van der Waals surface area contributed by atoms with Gasteiger partial charge in [0.25, 0.3) is 0 Å². The van der Waals surface area contributed by atoms with Gasteiger partial charge in [0.15, 0.2) is 12.2 Å². The van der Waals surface area contributed by atoms with Crippen molar-refractivity contribution in [3.63, 3.8) is 0 Å². The zero-order valence-electron chi connectivity index (χ0n) is 6.99. The van der Waals surface area contributed by atoms with E-state index >= 15 is 0 Å². The van der Waals surface area contributed by atoms with Crippen LogP contribution in [0, 0.1) is 12.9 Å². The maximum absolute atomic E-state index is 13.2. The number of aromatic nitrogens is 2. The van der Waals surface area contributed by atoms with Crippen molar-refractivity contribution in [2.45, 2.75) is 6.92 Å². The Kier molecular flexibility index (Phi) is 1.62. The molecule has 0 saturated carbocycles. The van der Waals surface area contributed by atoms with E-state index in [2.05, 4.69) is 4.98 Å². The molecule has 3 nitrogen and oxygen atoms in total. The second-order valence-electron chi connectivity index (χ2n) is 2.74. The number of nitrogens with zero attached hydrogens (tertiary/aromatic N) is 2. The first-order valence-corrected chi connectivity index (χ1v) is 3.83. The summed E-state index contributed by atoms with van der Waals surface area (Å²) >= 11 is 0. The quantitative estimate of drug-likeness (QED) is 0.491. The SMILES string of the molecule is Cc1nc2cccc(F)n2c1C=O. The van der Waals surface area contributed by atoms with Crippen LogP contribution >= 0.6 is 0 Å². The van der Waals surface area contributed by atoms with Gasteiger partial charge in [-0.1, -0.05) is 6.07 Å². The summed E-state index contributed by atoms with van der Waals surface area (Å²) < 4.78 is 14.4. The Morgan fingerprint density at radius 1 is 1.54 bits per heavy atom. The van der Waals surface area contributed by atoms with Gasteiger partial charge < -0.3 is 0 Å². The van der Waals surface area contributed by atoms with Crippen molar-refractivity contribution in [1.29, 1.82) is 0 Å². The molecule has 0 N–H and O–H groups in total. The van der Waals surface area contributed by atoms with Crippen molar-refractivity contribution < 1.29 is 9.18 Å². The van der Waals surface area contributed by atoms with Crippen molar-refractivity contribution in [1.82, 2.24) is 9.38 Å². The number of halogens is 1. The first-order chi connectivity index (χ1) is 6.24. The fraction of sp³-hybridized carbons (Fsp3) is 0.111. The summed E-state index contributed by atoms with van der Waals surface area (Å²) in [4.78, 5) is 14.7. The molecule has 0 spiro atoms. The van der Waals surface area contributed by atoms with E-state index in [-0.39, 0.29) is 5.69 Å². The summed E-state index contributed by atoms with van der Waals surface area (Å²) in [6, 6.07) is 4.51. The minimum absolute atomic E-state index is 0.271. The number of imidazole rings is 1. The summed E-state index contributed by atoms with van der Waals surface area (Å²) in [5.41, 5.74) is 1.27. The van der Waals surface area contributed by atoms with Gasteiger partial charge in [0.1, 0.15) is 11.3 Å². The van der Waals surface area contributed by atoms with Crippen LogP contribution in [0.4, 0.5) is 4.39 Å². The Morgan fingerprint density at radius 3 is 3.00 bits per heavy atom. The lowest BCUT2D eigenvalue weighted by atomic mass is 10.4. The van der Waals surface area contributed by atoms with Crippen LogP contribution in [-0.2, 0) is 0 Å². The van der Waals surface area contributed by atoms with Crippen LogP contribution in [0.2, 0.25) is 0 Å². The molecule has 0 saturated heterocycles. The van der Waals surface area contributed by atoms with Gasteiger partial charge in [-0.2, -0.15) is 4.39 Å². The molecule has 4 heteroatoms. The summed E-state index contributed by atoms with van der Waals surface area (Å²) in [5, 5.41) is 0. The maximum atomic E-state index is 13.2. The van der Waals surface area contributed by atoms with Crippen LogP contribution < -0.4 is 0 Å². The number of aryl methyl sites for hydroxylation is 1. The van der Waals surface area contributed by atoms with Crippen LogP contribution in [0.1, 0.15) is 16.2 Å². The van der Waals surface area contributed by atoms with Gasteiger partial charge in [0.2, 0.25) is 0 Å². The zero-order valence-corrected chi connectivity index (χ0v) is 6.99. The third-order valence-electron chi connectivity index (χ3n) is 1.93. The minimum Gasteiger partial charge on any atom is -0.296 e. The van der Waals surface area contributed by atoms with Crippen molar-refractivity contribution >= 4 is 11.9 Å². The monoisotopic (exact) mass is 178 g/mol. The number of carbonyl (C=O) groups is 1. The van der Waals surface area contributed by atoms with E-state index in [1.807, 2.05) is 0 Å². The Labute approximate surface area is 73.8 Å². The molecule has 0 aliphatic rings. The summed E-state index contributed by atoms with van der Waals surface area (Å²) in [7, 11) is 0. The fourth-order valence-electron chi connectivity index (χ4n) is 1.33. The van der Waals surface area contributed by atoms with E-state index in [9.17, 15) is 9.18 Å². The van der Waals surface area contributed by atoms with Gasteiger partial charge in [-0.15, -0.1) is 0 Å². The van der Waals surface area contributed by atoms with Crippen molar-refractivity contribution in [2.24, 2.45) is 0 Å². The molecule has 0 fully saturated rings. The van der Waals surface area contributed by atoms with Gasteiger partial charge in [0.05, 0.1) is 5.69 Å². The molecular weight excluding hydrogens is 171 g/mol. The highest BCUT2D eigenvalue weighted by atomic mass is 19.1. The molecule has 66 valence electrons. The number of carbonyl (C=O) groups excluding carboxylic acids is 1. The van der Waals surface area contributed by atoms with E-state index in [0.29, 0.717) is 17.6 Å². The molecular formula is C9H7FN2O. The fourth-order valence-corrected chi connectivity index (χ4v) is 1.33. The van der Waals surface area contributed by atoms with Crippen molar-refractivity contribution in [3.05, 3.63) is 35.5 Å². The highest BCUT2D eigenvalue weighted by molar-refractivity contribution is 5.76. The van der Waals surface area contributed by atoms with Gasteiger partial charge >= 0.3 is 0 Å². The minimum atomic E-state index is -0.472. The molecule has 2 heterocycles. The third kappa shape index (κ3) is 1.02. The largest absolute Gasteiger partial charge is 0.296 e. The van der Waals surface area contributed by atoms with Crippen LogP contribution in [0.3, 0.4) is 0 Å². The maximum Gasteiger partial charge on any atom is 0.199 e. The van der Waals surface area contributed by atoms with Crippen LogP contribution in [0.5, 0.6) is 0 Å². The number of hydrogen-bond acceptors (Lipinski definition) is 2. The van der Waals surface area contributed by atoms with E-state index in [1.54, 1.807) is 19.1 Å². The lowest BCUT2D eigenvalue weighted by Crippen LogP contribution is -1.96. The Bertz CT molecular complexity index is 476. The number of hydrogen-bond donors (Lipinski definition) is 0. The molecule has 0 aliphatic heterocycles. The molecule has 2 rings (SSSR count).